The first-order valence-corrected chi connectivity index (χ1v) is 11.3. The number of aromatic nitrogens is 4. The maximum Gasteiger partial charge on any atom is 0.244 e. The Balaban J connectivity index is 1.58. The molecule has 2 aliphatic rings. The van der Waals surface area contributed by atoms with E-state index in [1.165, 1.54) is 6.20 Å². The highest BCUT2D eigenvalue weighted by Gasteiger charge is 2.51. The molecule has 0 N–H and O–H groups in total. The van der Waals surface area contributed by atoms with Crippen molar-refractivity contribution in [3.05, 3.63) is 36.7 Å². The molecule has 8 nitrogen and oxygen atoms in total. The summed E-state index contributed by atoms with van der Waals surface area (Å²) in [6.07, 6.45) is 6.43. The molecule has 0 bridgehead atoms. The standard InChI is InChI=1S/C19H28N6O2S/c1-15(2)24-12-17(18-22-21-14-23(18)3)19(13-24)6-9-25(10-7-19)28(26,27)16-5-4-8-20-11-16/h4-5,8,11,14-15,17H,6-7,9-10,12-13H2,1-3H3. The molecule has 0 amide bonds. The Morgan fingerprint density at radius 3 is 2.57 bits per heavy atom. The number of piperidine rings is 1. The van der Waals surface area contributed by atoms with E-state index in [-0.39, 0.29) is 16.2 Å². The van der Waals surface area contributed by atoms with Gasteiger partial charge in [0.2, 0.25) is 10.0 Å². The van der Waals surface area contributed by atoms with Crippen LogP contribution in [0.4, 0.5) is 0 Å². The number of aryl methyl sites for hydroxylation is 1. The zero-order chi connectivity index (χ0) is 19.9. The van der Waals surface area contributed by atoms with Crippen LogP contribution in [-0.2, 0) is 17.1 Å². The number of nitrogens with zero attached hydrogens (tertiary/aromatic N) is 6. The molecular formula is C19H28N6O2S. The van der Waals surface area contributed by atoms with Crippen LogP contribution in [0.2, 0.25) is 0 Å². The van der Waals surface area contributed by atoms with Gasteiger partial charge >= 0.3 is 0 Å². The van der Waals surface area contributed by atoms with Crippen LogP contribution in [0.1, 0.15) is 38.4 Å². The van der Waals surface area contributed by atoms with Crippen LogP contribution in [-0.4, -0.2) is 69.6 Å². The van der Waals surface area contributed by atoms with Crippen molar-refractivity contribution < 1.29 is 8.42 Å². The molecule has 9 heteroatoms. The van der Waals surface area contributed by atoms with E-state index >= 15 is 0 Å². The van der Waals surface area contributed by atoms with Gasteiger partial charge in [0.05, 0.1) is 0 Å². The molecule has 2 aliphatic heterocycles. The van der Waals surface area contributed by atoms with Gasteiger partial charge in [0, 0.05) is 57.6 Å². The minimum atomic E-state index is -3.49. The first-order valence-electron chi connectivity index (χ1n) is 9.82. The molecule has 0 aromatic carbocycles. The lowest BCUT2D eigenvalue weighted by molar-refractivity contribution is 0.131. The summed E-state index contributed by atoms with van der Waals surface area (Å²) in [5.41, 5.74) is 0.0338. The average molecular weight is 405 g/mol. The first-order chi connectivity index (χ1) is 13.3. The molecule has 2 aromatic rings. The molecule has 4 rings (SSSR count). The highest BCUT2D eigenvalue weighted by Crippen LogP contribution is 2.50. The molecular weight excluding hydrogens is 376 g/mol. The second-order valence-corrected chi connectivity index (χ2v) is 10.3. The summed E-state index contributed by atoms with van der Waals surface area (Å²) in [6, 6.07) is 3.73. The van der Waals surface area contributed by atoms with Crippen LogP contribution in [0.25, 0.3) is 0 Å². The number of sulfonamides is 1. The van der Waals surface area contributed by atoms with E-state index in [1.807, 2.05) is 11.6 Å². The molecule has 2 fully saturated rings. The summed E-state index contributed by atoms with van der Waals surface area (Å²) in [5.74, 6) is 1.28. The predicted molar refractivity (Wildman–Crippen MR) is 105 cm³/mol. The first kappa shape index (κ1) is 19.5. The minimum absolute atomic E-state index is 0.0338. The van der Waals surface area contributed by atoms with Crippen molar-refractivity contribution in [2.24, 2.45) is 12.5 Å². The fraction of sp³-hybridized carbons (Fsp3) is 0.632. The summed E-state index contributed by atoms with van der Waals surface area (Å²) in [7, 11) is -1.50. The van der Waals surface area contributed by atoms with Gasteiger partial charge in [0.25, 0.3) is 0 Å². The quantitative estimate of drug-likeness (QED) is 0.768. The van der Waals surface area contributed by atoms with E-state index in [0.717, 1.165) is 31.8 Å². The highest BCUT2D eigenvalue weighted by atomic mass is 32.2. The lowest BCUT2D eigenvalue weighted by Gasteiger charge is -2.41. The van der Waals surface area contributed by atoms with Crippen LogP contribution >= 0.6 is 0 Å². The molecule has 0 saturated carbocycles. The second kappa shape index (κ2) is 7.20. The second-order valence-electron chi connectivity index (χ2n) is 8.33. The Labute approximate surface area is 166 Å². The average Bonchev–Trinajstić information content (AvgIpc) is 3.26. The fourth-order valence-electron chi connectivity index (χ4n) is 4.69. The lowest BCUT2D eigenvalue weighted by atomic mass is 9.71. The molecule has 2 saturated heterocycles. The van der Waals surface area contributed by atoms with Crippen molar-refractivity contribution in [3.63, 3.8) is 0 Å². The molecule has 2 aromatic heterocycles. The van der Waals surface area contributed by atoms with Gasteiger partial charge in [-0.1, -0.05) is 0 Å². The molecule has 1 atom stereocenters. The summed E-state index contributed by atoms with van der Waals surface area (Å²) < 4.78 is 29.6. The maximum atomic E-state index is 13.0. The third-order valence-electron chi connectivity index (χ3n) is 6.45. The van der Waals surface area contributed by atoms with Gasteiger partial charge in [-0.15, -0.1) is 10.2 Å². The number of pyridine rings is 1. The summed E-state index contributed by atoms with van der Waals surface area (Å²) in [5, 5.41) is 8.49. The lowest BCUT2D eigenvalue weighted by Crippen LogP contribution is -2.46. The van der Waals surface area contributed by atoms with E-state index in [4.69, 9.17) is 0 Å². The number of hydrogen-bond acceptors (Lipinski definition) is 6. The van der Waals surface area contributed by atoms with Crippen molar-refractivity contribution in [1.82, 2.24) is 29.0 Å². The van der Waals surface area contributed by atoms with Gasteiger partial charge in [0.15, 0.2) is 0 Å². The molecule has 1 unspecified atom stereocenters. The Bertz CT molecular complexity index is 919. The zero-order valence-electron chi connectivity index (χ0n) is 16.7. The summed E-state index contributed by atoms with van der Waals surface area (Å²) >= 11 is 0. The van der Waals surface area contributed by atoms with Crippen LogP contribution in [0.3, 0.4) is 0 Å². The minimum Gasteiger partial charge on any atom is -0.320 e. The van der Waals surface area contributed by atoms with Crippen LogP contribution in [0, 0.1) is 5.41 Å². The van der Waals surface area contributed by atoms with Gasteiger partial charge < -0.3 is 4.57 Å². The van der Waals surface area contributed by atoms with Gasteiger partial charge in [-0.2, -0.15) is 4.31 Å². The van der Waals surface area contributed by atoms with Crippen molar-refractivity contribution in [1.29, 1.82) is 0 Å². The summed E-state index contributed by atoms with van der Waals surface area (Å²) in [4.78, 5) is 6.73. The number of likely N-dealkylation sites (tertiary alicyclic amines) is 1. The largest absolute Gasteiger partial charge is 0.320 e. The Morgan fingerprint density at radius 2 is 2.00 bits per heavy atom. The zero-order valence-corrected chi connectivity index (χ0v) is 17.5. The van der Waals surface area contributed by atoms with Crippen molar-refractivity contribution >= 4 is 10.0 Å². The van der Waals surface area contributed by atoms with Gasteiger partial charge in [-0.25, -0.2) is 8.42 Å². The molecule has 0 aliphatic carbocycles. The summed E-state index contributed by atoms with van der Waals surface area (Å²) in [6.45, 7) is 7.40. The SMILES string of the molecule is CC(C)N1CC(c2nncn2C)C2(CCN(S(=O)(=O)c3cccnc3)CC2)C1. The van der Waals surface area contributed by atoms with Crippen LogP contribution < -0.4 is 0 Å². The van der Waals surface area contributed by atoms with E-state index in [9.17, 15) is 8.42 Å². The topological polar surface area (TPSA) is 84.2 Å². The van der Waals surface area contributed by atoms with Gasteiger partial charge in [-0.3, -0.25) is 9.88 Å². The van der Waals surface area contributed by atoms with E-state index < -0.39 is 10.0 Å². The highest BCUT2D eigenvalue weighted by molar-refractivity contribution is 7.89. The third-order valence-corrected chi connectivity index (χ3v) is 8.34. The van der Waals surface area contributed by atoms with Crippen LogP contribution in [0.5, 0.6) is 0 Å². The van der Waals surface area contributed by atoms with Gasteiger partial charge in [0.1, 0.15) is 17.0 Å². The van der Waals surface area contributed by atoms with Crippen molar-refractivity contribution in [2.45, 2.75) is 43.5 Å². The normalized spacial score (nSPS) is 23.6. The number of hydrogen-bond donors (Lipinski definition) is 0. The van der Waals surface area contributed by atoms with Crippen molar-refractivity contribution in [3.8, 4) is 0 Å². The third kappa shape index (κ3) is 3.25. The van der Waals surface area contributed by atoms with E-state index in [2.05, 4.69) is 33.9 Å². The van der Waals surface area contributed by atoms with Crippen LogP contribution in [0.15, 0.2) is 35.7 Å². The molecule has 28 heavy (non-hydrogen) atoms. The molecule has 1 spiro atoms. The molecule has 152 valence electrons. The Hall–Kier alpha value is -1.84. The fourth-order valence-corrected chi connectivity index (χ4v) is 6.10. The van der Waals surface area contributed by atoms with E-state index in [0.29, 0.717) is 19.1 Å². The molecule has 0 radical (unpaired) electrons. The monoisotopic (exact) mass is 404 g/mol. The Morgan fingerprint density at radius 1 is 1.25 bits per heavy atom. The van der Waals surface area contributed by atoms with Gasteiger partial charge in [-0.05, 0) is 44.2 Å². The van der Waals surface area contributed by atoms with E-state index in [1.54, 1.807) is 29.0 Å². The maximum absolute atomic E-state index is 13.0. The smallest absolute Gasteiger partial charge is 0.244 e. The number of rotatable bonds is 4. The predicted octanol–water partition coefficient (Wildman–Crippen LogP) is 1.49. The Kier molecular flexibility index (Phi) is 5.01. The van der Waals surface area contributed by atoms with Crippen molar-refractivity contribution in [2.75, 3.05) is 26.2 Å². The molecule has 4 heterocycles.